The minimum absolute atomic E-state index is 0.0638. The van der Waals surface area contributed by atoms with Crippen molar-refractivity contribution in [1.82, 2.24) is 5.32 Å². The predicted octanol–water partition coefficient (Wildman–Crippen LogP) is 3.02. The molecule has 0 unspecified atom stereocenters. The summed E-state index contributed by atoms with van der Waals surface area (Å²) in [7, 11) is 1.58. The van der Waals surface area contributed by atoms with Gasteiger partial charge in [-0.1, -0.05) is 35.9 Å². The molecule has 25 heavy (non-hydrogen) atoms. The average molecular weight is 359 g/mol. The summed E-state index contributed by atoms with van der Waals surface area (Å²) in [4.78, 5) is 26.3. The molecule has 0 bridgehead atoms. The molecule has 2 amide bonds. The molecule has 1 saturated heterocycles. The van der Waals surface area contributed by atoms with Gasteiger partial charge in [-0.3, -0.25) is 9.59 Å². The number of anilines is 1. The van der Waals surface area contributed by atoms with E-state index in [1.807, 2.05) is 36.4 Å². The smallest absolute Gasteiger partial charge is 0.227 e. The van der Waals surface area contributed by atoms with E-state index in [0.29, 0.717) is 23.9 Å². The normalized spacial score (nSPS) is 16.8. The first-order valence-electron chi connectivity index (χ1n) is 8.04. The fourth-order valence-corrected chi connectivity index (χ4v) is 3.08. The van der Waals surface area contributed by atoms with E-state index in [1.165, 1.54) is 0 Å². The summed E-state index contributed by atoms with van der Waals surface area (Å²) in [5, 5.41) is 3.48. The molecule has 0 spiro atoms. The van der Waals surface area contributed by atoms with Crippen LogP contribution in [0.4, 0.5) is 5.69 Å². The Labute approximate surface area is 151 Å². The SMILES string of the molecule is COc1cccc(N2C[C@H](C(=O)NCc3ccccc3Cl)CC2=O)c1. The highest BCUT2D eigenvalue weighted by Gasteiger charge is 2.35. The molecule has 130 valence electrons. The van der Waals surface area contributed by atoms with E-state index in [0.717, 1.165) is 11.3 Å². The molecular formula is C19H19ClN2O3. The summed E-state index contributed by atoms with van der Waals surface area (Å²) in [6, 6.07) is 14.6. The maximum absolute atomic E-state index is 12.4. The Balaban J connectivity index is 1.63. The van der Waals surface area contributed by atoms with Gasteiger partial charge in [-0.25, -0.2) is 0 Å². The van der Waals surface area contributed by atoms with Gasteiger partial charge < -0.3 is 15.0 Å². The molecule has 1 aliphatic rings. The van der Waals surface area contributed by atoms with Crippen LogP contribution in [0.15, 0.2) is 48.5 Å². The van der Waals surface area contributed by atoms with Crippen LogP contribution < -0.4 is 15.0 Å². The van der Waals surface area contributed by atoms with Crippen LogP contribution in [0.1, 0.15) is 12.0 Å². The summed E-state index contributed by atoms with van der Waals surface area (Å²) < 4.78 is 5.19. The minimum atomic E-state index is -0.374. The van der Waals surface area contributed by atoms with Crippen molar-refractivity contribution >= 4 is 29.1 Å². The lowest BCUT2D eigenvalue weighted by molar-refractivity contribution is -0.126. The topological polar surface area (TPSA) is 58.6 Å². The van der Waals surface area contributed by atoms with Gasteiger partial charge in [-0.2, -0.15) is 0 Å². The number of hydrogen-bond acceptors (Lipinski definition) is 3. The zero-order chi connectivity index (χ0) is 17.8. The number of rotatable bonds is 5. The van der Waals surface area contributed by atoms with Crippen LogP contribution in [-0.2, 0) is 16.1 Å². The van der Waals surface area contributed by atoms with Crippen molar-refractivity contribution in [2.24, 2.45) is 5.92 Å². The monoisotopic (exact) mass is 358 g/mol. The Hall–Kier alpha value is -2.53. The van der Waals surface area contributed by atoms with E-state index in [4.69, 9.17) is 16.3 Å². The molecule has 0 radical (unpaired) electrons. The van der Waals surface area contributed by atoms with Gasteiger partial charge in [0.1, 0.15) is 5.75 Å². The van der Waals surface area contributed by atoms with Crippen molar-refractivity contribution in [3.8, 4) is 5.75 Å². The molecule has 0 saturated carbocycles. The molecule has 1 heterocycles. The van der Waals surface area contributed by atoms with E-state index in [1.54, 1.807) is 24.1 Å². The third-order valence-electron chi connectivity index (χ3n) is 4.27. The predicted molar refractivity (Wildman–Crippen MR) is 96.8 cm³/mol. The van der Waals surface area contributed by atoms with Gasteiger partial charge in [0.05, 0.1) is 13.0 Å². The quantitative estimate of drug-likeness (QED) is 0.893. The van der Waals surface area contributed by atoms with Gasteiger partial charge in [0, 0.05) is 36.3 Å². The second kappa shape index (κ2) is 7.57. The maximum atomic E-state index is 12.4. The molecule has 1 N–H and O–H groups in total. The Morgan fingerprint density at radius 3 is 2.84 bits per heavy atom. The Bertz CT molecular complexity index is 794. The molecule has 2 aromatic rings. The van der Waals surface area contributed by atoms with E-state index in [2.05, 4.69) is 5.32 Å². The van der Waals surface area contributed by atoms with Gasteiger partial charge in [0.2, 0.25) is 11.8 Å². The summed E-state index contributed by atoms with van der Waals surface area (Å²) in [6.07, 6.45) is 0.200. The summed E-state index contributed by atoms with van der Waals surface area (Å²) >= 11 is 6.10. The highest BCUT2D eigenvalue weighted by molar-refractivity contribution is 6.31. The largest absolute Gasteiger partial charge is 0.497 e. The molecular weight excluding hydrogens is 340 g/mol. The fraction of sp³-hybridized carbons (Fsp3) is 0.263. The fourth-order valence-electron chi connectivity index (χ4n) is 2.88. The van der Waals surface area contributed by atoms with Gasteiger partial charge in [-0.05, 0) is 23.8 Å². The third kappa shape index (κ3) is 3.94. The van der Waals surface area contributed by atoms with Crippen LogP contribution in [0.3, 0.4) is 0 Å². The Morgan fingerprint density at radius 1 is 1.28 bits per heavy atom. The number of nitrogens with zero attached hydrogens (tertiary/aromatic N) is 1. The van der Waals surface area contributed by atoms with E-state index < -0.39 is 0 Å². The molecule has 2 aromatic carbocycles. The standard InChI is InChI=1S/C19H19ClN2O3/c1-25-16-7-4-6-15(10-16)22-12-14(9-18(22)23)19(24)21-11-13-5-2-3-8-17(13)20/h2-8,10,14H,9,11-12H2,1H3,(H,21,24)/t14-/m1/s1. The van der Waals surface area contributed by atoms with Crippen molar-refractivity contribution in [1.29, 1.82) is 0 Å². The number of methoxy groups -OCH3 is 1. The Morgan fingerprint density at radius 2 is 2.08 bits per heavy atom. The van der Waals surface area contributed by atoms with Gasteiger partial charge in [0.25, 0.3) is 0 Å². The van der Waals surface area contributed by atoms with Crippen molar-refractivity contribution in [2.45, 2.75) is 13.0 Å². The molecule has 0 aliphatic carbocycles. The van der Waals surface area contributed by atoms with Crippen LogP contribution in [-0.4, -0.2) is 25.5 Å². The number of amides is 2. The second-order valence-electron chi connectivity index (χ2n) is 5.92. The molecule has 1 atom stereocenters. The maximum Gasteiger partial charge on any atom is 0.227 e. The second-order valence-corrected chi connectivity index (χ2v) is 6.32. The highest BCUT2D eigenvalue weighted by atomic mass is 35.5. The minimum Gasteiger partial charge on any atom is -0.497 e. The molecule has 3 rings (SSSR count). The van der Waals surface area contributed by atoms with Crippen molar-refractivity contribution in [3.05, 3.63) is 59.1 Å². The summed E-state index contributed by atoms with van der Waals surface area (Å²) in [5.41, 5.74) is 1.59. The first-order chi connectivity index (χ1) is 12.1. The number of ether oxygens (including phenoxy) is 1. The zero-order valence-corrected chi connectivity index (χ0v) is 14.6. The van der Waals surface area contributed by atoms with E-state index >= 15 is 0 Å². The molecule has 6 heteroatoms. The first kappa shape index (κ1) is 17.3. The number of carbonyl (C=O) groups is 2. The third-order valence-corrected chi connectivity index (χ3v) is 4.64. The Kier molecular flexibility index (Phi) is 5.24. The van der Waals surface area contributed by atoms with Crippen molar-refractivity contribution < 1.29 is 14.3 Å². The van der Waals surface area contributed by atoms with Gasteiger partial charge >= 0.3 is 0 Å². The average Bonchev–Trinajstić information content (AvgIpc) is 3.03. The first-order valence-corrected chi connectivity index (χ1v) is 8.42. The van der Waals surface area contributed by atoms with Crippen LogP contribution in [0.2, 0.25) is 5.02 Å². The molecule has 0 aromatic heterocycles. The number of halogens is 1. The van der Waals surface area contributed by atoms with E-state index in [9.17, 15) is 9.59 Å². The lowest BCUT2D eigenvalue weighted by Crippen LogP contribution is -2.32. The highest BCUT2D eigenvalue weighted by Crippen LogP contribution is 2.28. The van der Waals surface area contributed by atoms with Gasteiger partial charge in [0.15, 0.2) is 0 Å². The summed E-state index contributed by atoms with van der Waals surface area (Å²) in [5.74, 6) is 0.0999. The lowest BCUT2D eigenvalue weighted by Gasteiger charge is -2.17. The summed E-state index contributed by atoms with van der Waals surface area (Å²) in [6.45, 7) is 0.711. The number of carbonyl (C=O) groups excluding carboxylic acids is 2. The van der Waals surface area contributed by atoms with Crippen LogP contribution in [0, 0.1) is 5.92 Å². The van der Waals surface area contributed by atoms with Crippen molar-refractivity contribution in [2.75, 3.05) is 18.6 Å². The van der Waals surface area contributed by atoms with E-state index in [-0.39, 0.29) is 24.2 Å². The number of benzene rings is 2. The van der Waals surface area contributed by atoms with Crippen LogP contribution in [0.5, 0.6) is 5.75 Å². The lowest BCUT2D eigenvalue weighted by atomic mass is 10.1. The van der Waals surface area contributed by atoms with Crippen LogP contribution >= 0.6 is 11.6 Å². The van der Waals surface area contributed by atoms with Crippen LogP contribution in [0.25, 0.3) is 0 Å². The van der Waals surface area contributed by atoms with Gasteiger partial charge in [-0.15, -0.1) is 0 Å². The zero-order valence-electron chi connectivity index (χ0n) is 13.9. The molecule has 5 nitrogen and oxygen atoms in total. The molecule has 1 aliphatic heterocycles. The van der Waals surface area contributed by atoms with Crippen molar-refractivity contribution in [3.63, 3.8) is 0 Å². The number of hydrogen-bond donors (Lipinski definition) is 1. The number of nitrogens with one attached hydrogen (secondary N) is 1. The molecule has 1 fully saturated rings.